The van der Waals surface area contributed by atoms with E-state index in [9.17, 15) is 0 Å². The monoisotopic (exact) mass is 736 g/mol. The van der Waals surface area contributed by atoms with E-state index in [1.54, 1.807) is 0 Å². The Morgan fingerprint density at radius 1 is 0.259 bits per heavy atom. The molecule has 0 radical (unpaired) electrons. The Kier molecular flexibility index (Phi) is 8.19. The Hall–Kier alpha value is -7.68. The highest BCUT2D eigenvalue weighted by atomic mass is 14.9. The Morgan fingerprint density at radius 2 is 0.776 bits per heavy atom. The van der Waals surface area contributed by atoms with Crippen LogP contribution in [0, 0.1) is 0 Å². The summed E-state index contributed by atoms with van der Waals surface area (Å²) in [6.45, 7) is 0. The van der Waals surface area contributed by atoms with E-state index in [0.29, 0.717) is 5.82 Å². The molecule has 0 aliphatic rings. The lowest BCUT2D eigenvalue weighted by Crippen LogP contribution is -1.97. The highest BCUT2D eigenvalue weighted by Gasteiger charge is 2.21. The van der Waals surface area contributed by atoms with Crippen LogP contribution in [0.1, 0.15) is 0 Å². The van der Waals surface area contributed by atoms with Gasteiger partial charge < -0.3 is 0 Å². The van der Waals surface area contributed by atoms with Gasteiger partial charge in [0.25, 0.3) is 0 Å². The van der Waals surface area contributed by atoms with Gasteiger partial charge >= 0.3 is 0 Å². The quantitative estimate of drug-likeness (QED) is 0.125. The summed E-state index contributed by atoms with van der Waals surface area (Å²) >= 11 is 0. The molecule has 1 heterocycles. The van der Waals surface area contributed by atoms with Crippen LogP contribution < -0.4 is 0 Å². The number of aromatic nitrogens is 2. The predicted molar refractivity (Wildman–Crippen MR) is 245 cm³/mol. The minimum Gasteiger partial charge on any atom is -0.228 e. The van der Waals surface area contributed by atoms with Gasteiger partial charge in [0.15, 0.2) is 5.82 Å². The van der Waals surface area contributed by atoms with E-state index < -0.39 is 0 Å². The molecule has 0 N–H and O–H groups in total. The van der Waals surface area contributed by atoms with Crippen molar-refractivity contribution >= 4 is 43.1 Å². The minimum absolute atomic E-state index is 0.700. The van der Waals surface area contributed by atoms with E-state index in [1.807, 2.05) is 18.2 Å². The van der Waals surface area contributed by atoms with Crippen LogP contribution >= 0.6 is 0 Å². The average molecular weight is 737 g/mol. The van der Waals surface area contributed by atoms with Crippen molar-refractivity contribution in [3.8, 4) is 67.3 Å². The molecule has 2 nitrogen and oxygen atoms in total. The van der Waals surface area contributed by atoms with Gasteiger partial charge in [-0.15, -0.1) is 0 Å². The number of fused-ring (bicyclic) bond motifs is 5. The van der Waals surface area contributed by atoms with Crippen molar-refractivity contribution in [1.82, 2.24) is 9.97 Å². The summed E-state index contributed by atoms with van der Waals surface area (Å²) in [6.07, 6.45) is 0. The molecule has 0 saturated heterocycles. The highest BCUT2D eigenvalue weighted by molar-refractivity contribution is 6.29. The third-order valence-electron chi connectivity index (χ3n) is 11.5. The van der Waals surface area contributed by atoms with Crippen molar-refractivity contribution < 1.29 is 0 Å². The van der Waals surface area contributed by atoms with E-state index in [-0.39, 0.29) is 0 Å². The largest absolute Gasteiger partial charge is 0.228 e. The number of nitrogens with zero attached hydrogens (tertiary/aromatic N) is 2. The third kappa shape index (κ3) is 5.74. The van der Waals surface area contributed by atoms with Crippen molar-refractivity contribution in [2.75, 3.05) is 0 Å². The molecule has 58 heavy (non-hydrogen) atoms. The van der Waals surface area contributed by atoms with Crippen molar-refractivity contribution in [3.05, 3.63) is 218 Å². The number of rotatable bonds is 6. The molecule has 0 atom stereocenters. The zero-order chi connectivity index (χ0) is 38.4. The summed E-state index contributed by atoms with van der Waals surface area (Å²) < 4.78 is 0. The molecule has 1 aromatic heterocycles. The summed E-state index contributed by atoms with van der Waals surface area (Å²) in [5.74, 6) is 0.700. The number of benzene rings is 10. The lowest BCUT2D eigenvalue weighted by Gasteiger charge is -2.21. The van der Waals surface area contributed by atoms with E-state index in [4.69, 9.17) is 9.97 Å². The molecule has 0 saturated carbocycles. The lowest BCUT2D eigenvalue weighted by atomic mass is 9.82. The highest BCUT2D eigenvalue weighted by Crippen LogP contribution is 2.48. The molecule has 0 aliphatic carbocycles. The Bertz CT molecular complexity index is 3320. The molecule has 0 amide bonds. The molecular formula is C56H36N2. The summed E-state index contributed by atoms with van der Waals surface area (Å²) in [5.41, 5.74) is 12.1. The van der Waals surface area contributed by atoms with E-state index >= 15 is 0 Å². The van der Waals surface area contributed by atoms with Gasteiger partial charge in [0.05, 0.1) is 11.4 Å². The smallest absolute Gasteiger partial charge is 0.160 e. The maximum absolute atomic E-state index is 5.31. The van der Waals surface area contributed by atoms with Gasteiger partial charge in [0.1, 0.15) is 0 Å². The SMILES string of the molecule is c1ccc(-c2cccc(-c3cc(-c4ccc(-c5c6ccccc6c(-c6ccccc6)c6ccc7ccccc7c56)c5ccccc45)nc(-c4ccccc4)n3)c2)cc1. The molecule has 11 rings (SSSR count). The minimum atomic E-state index is 0.700. The number of hydrogen-bond acceptors (Lipinski definition) is 2. The average Bonchev–Trinajstić information content (AvgIpc) is 3.31. The first-order chi connectivity index (χ1) is 28.8. The second-order valence-electron chi connectivity index (χ2n) is 14.9. The van der Waals surface area contributed by atoms with E-state index in [0.717, 1.165) is 39.0 Å². The molecule has 0 bridgehead atoms. The zero-order valence-corrected chi connectivity index (χ0v) is 31.7. The van der Waals surface area contributed by atoms with Crippen LogP contribution in [0.25, 0.3) is 110 Å². The van der Waals surface area contributed by atoms with Crippen molar-refractivity contribution in [3.63, 3.8) is 0 Å². The molecule has 270 valence electrons. The van der Waals surface area contributed by atoms with Crippen LogP contribution in [-0.4, -0.2) is 9.97 Å². The first-order valence-corrected chi connectivity index (χ1v) is 19.8. The van der Waals surface area contributed by atoms with Crippen molar-refractivity contribution in [2.45, 2.75) is 0 Å². The molecular weight excluding hydrogens is 701 g/mol. The molecule has 2 heteroatoms. The topological polar surface area (TPSA) is 25.8 Å². The first kappa shape index (κ1) is 33.6. The van der Waals surface area contributed by atoms with Crippen molar-refractivity contribution in [2.24, 2.45) is 0 Å². The van der Waals surface area contributed by atoms with Crippen LogP contribution in [0.2, 0.25) is 0 Å². The predicted octanol–water partition coefficient (Wildman–Crippen LogP) is 15.1. The zero-order valence-electron chi connectivity index (χ0n) is 31.7. The molecule has 11 aromatic rings. The number of hydrogen-bond donors (Lipinski definition) is 0. The second-order valence-corrected chi connectivity index (χ2v) is 14.9. The Labute approximate surface area is 337 Å². The summed E-state index contributed by atoms with van der Waals surface area (Å²) in [4.78, 5) is 10.5. The Morgan fingerprint density at radius 3 is 1.50 bits per heavy atom. The van der Waals surface area contributed by atoms with Crippen LogP contribution in [0.4, 0.5) is 0 Å². The van der Waals surface area contributed by atoms with E-state index in [2.05, 4.69) is 200 Å². The van der Waals surface area contributed by atoms with Crippen LogP contribution in [0.5, 0.6) is 0 Å². The lowest BCUT2D eigenvalue weighted by molar-refractivity contribution is 1.18. The Balaban J connectivity index is 1.18. The van der Waals surface area contributed by atoms with Gasteiger partial charge in [-0.3, -0.25) is 0 Å². The summed E-state index contributed by atoms with van der Waals surface area (Å²) in [6, 6.07) is 78.2. The first-order valence-electron chi connectivity index (χ1n) is 19.8. The van der Waals surface area contributed by atoms with Gasteiger partial charge in [0, 0.05) is 16.7 Å². The van der Waals surface area contributed by atoms with Gasteiger partial charge in [0.2, 0.25) is 0 Å². The molecule has 0 unspecified atom stereocenters. The fourth-order valence-corrected chi connectivity index (χ4v) is 8.82. The van der Waals surface area contributed by atoms with Gasteiger partial charge in [-0.05, 0) is 88.6 Å². The standard InChI is InChI=1S/C56H36N2/c1-4-17-37(18-5-1)41-24-16-25-42(35-41)51-36-52(58-56(57-51)40-22-8-3-9-23-40)46-33-34-49(45-28-13-12-27-44(45)46)55-48-30-15-14-29-47(48)53(39-20-6-2-7-21-39)50-32-31-38-19-10-11-26-43(38)54(50)55/h1-36H. The maximum Gasteiger partial charge on any atom is 0.160 e. The van der Waals surface area contributed by atoms with Crippen LogP contribution in [-0.2, 0) is 0 Å². The molecule has 0 fully saturated rings. The third-order valence-corrected chi connectivity index (χ3v) is 11.5. The van der Waals surface area contributed by atoms with Crippen LogP contribution in [0.15, 0.2) is 218 Å². The normalized spacial score (nSPS) is 11.4. The maximum atomic E-state index is 5.31. The molecule has 0 aliphatic heterocycles. The van der Waals surface area contributed by atoms with Crippen molar-refractivity contribution in [1.29, 1.82) is 0 Å². The fourth-order valence-electron chi connectivity index (χ4n) is 8.82. The van der Waals surface area contributed by atoms with E-state index in [1.165, 1.54) is 65.5 Å². The summed E-state index contributed by atoms with van der Waals surface area (Å²) in [7, 11) is 0. The molecule has 0 spiro atoms. The van der Waals surface area contributed by atoms with Gasteiger partial charge in [-0.1, -0.05) is 206 Å². The summed E-state index contributed by atoms with van der Waals surface area (Å²) in [5, 5.41) is 9.79. The fraction of sp³-hybridized carbons (Fsp3) is 0. The van der Waals surface area contributed by atoms with Gasteiger partial charge in [-0.25, -0.2) is 9.97 Å². The second kappa shape index (κ2) is 14.1. The van der Waals surface area contributed by atoms with Gasteiger partial charge in [-0.2, -0.15) is 0 Å². The van der Waals surface area contributed by atoms with Crippen LogP contribution in [0.3, 0.4) is 0 Å². The molecule has 10 aromatic carbocycles.